The lowest BCUT2D eigenvalue weighted by Gasteiger charge is -2.15. The minimum absolute atomic E-state index is 0.0432. The third kappa shape index (κ3) is 4.36. The van der Waals surface area contributed by atoms with Gasteiger partial charge >= 0.3 is 0 Å². The molecule has 0 fully saturated rings. The minimum Gasteiger partial charge on any atom is -0.489 e. The molecule has 0 aliphatic rings. The van der Waals surface area contributed by atoms with Gasteiger partial charge in [0.25, 0.3) is 0 Å². The molecular weight excluding hydrogens is 328 g/mol. The van der Waals surface area contributed by atoms with Gasteiger partial charge < -0.3 is 10.1 Å². The van der Waals surface area contributed by atoms with E-state index in [9.17, 15) is 8.78 Å². The quantitative estimate of drug-likeness (QED) is 0.667. The van der Waals surface area contributed by atoms with Crippen LogP contribution in [-0.2, 0) is 0 Å². The zero-order valence-corrected chi connectivity index (χ0v) is 13.6. The van der Waals surface area contributed by atoms with E-state index in [0.29, 0.717) is 6.54 Å². The fraction of sp³-hybridized carbons (Fsp3) is 0.235. The zero-order chi connectivity index (χ0) is 17.6. The molecule has 0 aliphatic carbocycles. The van der Waals surface area contributed by atoms with Crippen molar-refractivity contribution >= 4 is 0 Å². The number of rotatable bonds is 7. The summed E-state index contributed by atoms with van der Waals surface area (Å²) in [5, 5.41) is 14.3. The molecule has 130 valence electrons. The Labute approximate surface area is 143 Å². The Morgan fingerprint density at radius 1 is 1.16 bits per heavy atom. The van der Waals surface area contributed by atoms with Gasteiger partial charge in [-0.1, -0.05) is 12.1 Å². The third-order valence-electron chi connectivity index (χ3n) is 3.71. The van der Waals surface area contributed by atoms with Gasteiger partial charge in [0.1, 0.15) is 18.8 Å². The molecule has 0 saturated carbocycles. The molecule has 25 heavy (non-hydrogen) atoms. The number of hydrogen-bond acceptors (Lipinski definition) is 5. The van der Waals surface area contributed by atoms with Gasteiger partial charge in [-0.2, -0.15) is 0 Å². The van der Waals surface area contributed by atoms with Gasteiger partial charge in [0.05, 0.1) is 5.69 Å². The summed E-state index contributed by atoms with van der Waals surface area (Å²) in [4.78, 5) is 0. The van der Waals surface area contributed by atoms with E-state index >= 15 is 0 Å². The van der Waals surface area contributed by atoms with Crippen molar-refractivity contribution in [3.05, 3.63) is 66.0 Å². The molecule has 1 aromatic heterocycles. The van der Waals surface area contributed by atoms with Crippen LogP contribution in [0.4, 0.5) is 8.78 Å². The van der Waals surface area contributed by atoms with E-state index in [-0.39, 0.29) is 18.4 Å². The monoisotopic (exact) mass is 345 g/mol. The highest BCUT2D eigenvalue weighted by Crippen LogP contribution is 2.18. The molecule has 0 amide bonds. The smallest absolute Gasteiger partial charge is 0.167 e. The van der Waals surface area contributed by atoms with E-state index in [4.69, 9.17) is 4.74 Å². The van der Waals surface area contributed by atoms with Crippen LogP contribution in [0, 0.1) is 11.6 Å². The molecule has 2 aromatic carbocycles. The first-order valence-corrected chi connectivity index (χ1v) is 7.78. The predicted molar refractivity (Wildman–Crippen MR) is 87.4 cm³/mol. The van der Waals surface area contributed by atoms with E-state index in [1.54, 1.807) is 4.68 Å². The number of hydrogen-bond donors (Lipinski definition) is 1. The molecule has 3 aromatic rings. The molecule has 8 heteroatoms. The molecule has 0 spiro atoms. The van der Waals surface area contributed by atoms with Crippen molar-refractivity contribution in [2.24, 2.45) is 0 Å². The molecule has 0 unspecified atom stereocenters. The van der Waals surface area contributed by atoms with Gasteiger partial charge in [-0.25, -0.2) is 13.5 Å². The Hall–Kier alpha value is -2.87. The molecule has 0 saturated heterocycles. The maximum atomic E-state index is 13.5. The molecular formula is C17H17F2N5O. The third-order valence-corrected chi connectivity index (χ3v) is 3.71. The van der Waals surface area contributed by atoms with Crippen molar-refractivity contribution in [2.45, 2.75) is 13.0 Å². The van der Waals surface area contributed by atoms with Gasteiger partial charge in [-0.3, -0.25) is 0 Å². The lowest BCUT2D eigenvalue weighted by molar-refractivity contribution is 0.292. The van der Waals surface area contributed by atoms with Gasteiger partial charge in [0, 0.05) is 18.7 Å². The molecule has 1 atom stereocenters. The number of ether oxygens (including phenoxy) is 1. The van der Waals surface area contributed by atoms with Gasteiger partial charge in [0.2, 0.25) is 0 Å². The predicted octanol–water partition coefficient (Wildman–Crippen LogP) is 2.67. The first kappa shape index (κ1) is 17.0. The van der Waals surface area contributed by atoms with Gasteiger partial charge in [0.15, 0.2) is 11.6 Å². The summed E-state index contributed by atoms with van der Waals surface area (Å²) in [7, 11) is 0. The van der Waals surface area contributed by atoms with Crippen LogP contribution in [0.2, 0.25) is 0 Å². The summed E-state index contributed by atoms with van der Waals surface area (Å²) in [6, 6.07) is 11.2. The first-order chi connectivity index (χ1) is 12.1. The van der Waals surface area contributed by atoms with Crippen molar-refractivity contribution in [3.8, 4) is 11.4 Å². The van der Waals surface area contributed by atoms with E-state index in [1.165, 1.54) is 18.5 Å². The summed E-state index contributed by atoms with van der Waals surface area (Å²) < 4.78 is 33.2. The van der Waals surface area contributed by atoms with Crippen LogP contribution in [0.5, 0.6) is 5.75 Å². The number of nitrogens with one attached hydrogen (secondary N) is 1. The van der Waals surface area contributed by atoms with Crippen LogP contribution < -0.4 is 10.1 Å². The summed E-state index contributed by atoms with van der Waals surface area (Å²) >= 11 is 0. The highest BCUT2D eigenvalue weighted by molar-refractivity contribution is 5.34. The van der Waals surface area contributed by atoms with E-state index in [0.717, 1.165) is 17.3 Å². The molecule has 0 radical (unpaired) electrons. The molecule has 6 nitrogen and oxygen atoms in total. The Kier molecular flexibility index (Phi) is 5.30. The second kappa shape index (κ2) is 7.80. The van der Waals surface area contributed by atoms with Crippen molar-refractivity contribution in [1.82, 2.24) is 25.5 Å². The van der Waals surface area contributed by atoms with Gasteiger partial charge in [-0.05, 0) is 47.2 Å². The number of aromatic nitrogens is 4. The Morgan fingerprint density at radius 2 is 1.96 bits per heavy atom. The lowest BCUT2D eigenvalue weighted by atomic mass is 10.1. The van der Waals surface area contributed by atoms with E-state index in [2.05, 4.69) is 20.8 Å². The van der Waals surface area contributed by atoms with Gasteiger partial charge in [-0.15, -0.1) is 5.10 Å². The highest BCUT2D eigenvalue weighted by atomic mass is 19.1. The standard InChI is InChI=1S/C17H17F2N5O/c1-12(13-2-5-15(6-3-13)24-11-21-22-23-24)20-8-9-25-17-7-4-14(18)10-16(17)19/h2-7,10-12,20H,8-9H2,1H3/t12-/m1/s1. The Bertz CT molecular complexity index is 808. The van der Waals surface area contributed by atoms with Crippen LogP contribution >= 0.6 is 0 Å². The Morgan fingerprint density at radius 3 is 2.64 bits per heavy atom. The van der Waals surface area contributed by atoms with E-state index < -0.39 is 11.6 Å². The average Bonchev–Trinajstić information content (AvgIpc) is 3.15. The molecule has 1 N–H and O–H groups in total. The summed E-state index contributed by atoms with van der Waals surface area (Å²) in [5.41, 5.74) is 1.96. The highest BCUT2D eigenvalue weighted by Gasteiger charge is 2.07. The largest absolute Gasteiger partial charge is 0.489 e. The minimum atomic E-state index is -0.703. The average molecular weight is 345 g/mol. The molecule has 0 bridgehead atoms. The van der Waals surface area contributed by atoms with Crippen LogP contribution in [0.15, 0.2) is 48.8 Å². The fourth-order valence-corrected chi connectivity index (χ4v) is 2.34. The number of nitrogens with zero attached hydrogens (tertiary/aromatic N) is 4. The van der Waals surface area contributed by atoms with Crippen LogP contribution in [0.3, 0.4) is 0 Å². The fourth-order valence-electron chi connectivity index (χ4n) is 2.34. The topological polar surface area (TPSA) is 64.9 Å². The second-order valence-electron chi connectivity index (χ2n) is 5.44. The summed E-state index contributed by atoms with van der Waals surface area (Å²) in [6.45, 7) is 2.81. The molecule has 0 aliphatic heterocycles. The Balaban J connectivity index is 1.48. The van der Waals surface area contributed by atoms with Crippen molar-refractivity contribution in [3.63, 3.8) is 0 Å². The van der Waals surface area contributed by atoms with Crippen LogP contribution in [-0.4, -0.2) is 33.4 Å². The maximum absolute atomic E-state index is 13.5. The number of benzene rings is 2. The van der Waals surface area contributed by atoms with E-state index in [1.807, 2.05) is 31.2 Å². The zero-order valence-electron chi connectivity index (χ0n) is 13.6. The normalized spacial score (nSPS) is 12.1. The lowest BCUT2D eigenvalue weighted by Crippen LogP contribution is -2.24. The van der Waals surface area contributed by atoms with Crippen LogP contribution in [0.25, 0.3) is 5.69 Å². The first-order valence-electron chi connectivity index (χ1n) is 7.78. The summed E-state index contributed by atoms with van der Waals surface area (Å²) in [5.74, 6) is -1.28. The van der Waals surface area contributed by atoms with Crippen LogP contribution in [0.1, 0.15) is 18.5 Å². The molecule has 1 heterocycles. The summed E-state index contributed by atoms with van der Waals surface area (Å²) in [6.07, 6.45) is 1.53. The maximum Gasteiger partial charge on any atom is 0.167 e. The SMILES string of the molecule is C[C@@H](NCCOc1ccc(F)cc1F)c1ccc(-n2cnnn2)cc1. The number of tetrazole rings is 1. The molecule has 3 rings (SSSR count). The number of halogens is 2. The van der Waals surface area contributed by atoms with Crippen molar-refractivity contribution in [1.29, 1.82) is 0 Å². The van der Waals surface area contributed by atoms with Crippen molar-refractivity contribution in [2.75, 3.05) is 13.2 Å². The van der Waals surface area contributed by atoms with Crippen molar-refractivity contribution < 1.29 is 13.5 Å². The second-order valence-corrected chi connectivity index (χ2v) is 5.44.